The van der Waals surface area contributed by atoms with E-state index in [2.05, 4.69) is 55.0 Å². The van der Waals surface area contributed by atoms with E-state index in [1.54, 1.807) is 0 Å². The Hall–Kier alpha value is -0.705. The first-order valence-electron chi connectivity index (χ1n) is 6.57. The Morgan fingerprint density at radius 2 is 0.889 bits per heavy atom. The van der Waals surface area contributed by atoms with Crippen LogP contribution in [-0.4, -0.2) is 56.3 Å². The molecular weight excluding hydrogens is 219 g/mol. The Labute approximate surface area is 114 Å². The third kappa shape index (κ3) is 3.00. The average molecular weight is 243 g/mol. The summed E-state index contributed by atoms with van der Waals surface area (Å²) in [6, 6.07) is 0. The van der Waals surface area contributed by atoms with Gasteiger partial charge in [-0.15, -0.1) is 19.7 Å². The number of hydrogen-bond donors (Lipinski definition) is 0. The SMILES string of the molecule is C=CCB1N(C)B(CC=C)N(C)B(CC=C)N1C. The molecule has 1 saturated heterocycles. The highest BCUT2D eigenvalue weighted by atomic mass is 15.3. The van der Waals surface area contributed by atoms with Gasteiger partial charge in [0.15, 0.2) is 0 Å². The monoisotopic (exact) mass is 243 g/mol. The van der Waals surface area contributed by atoms with Crippen LogP contribution in [0.1, 0.15) is 0 Å². The van der Waals surface area contributed by atoms with Gasteiger partial charge in [-0.1, -0.05) is 18.2 Å². The number of allylic oxidation sites excluding steroid dienone is 3. The zero-order chi connectivity index (χ0) is 13.7. The van der Waals surface area contributed by atoms with Gasteiger partial charge in [0.2, 0.25) is 0 Å². The minimum Gasteiger partial charge on any atom is -0.359 e. The van der Waals surface area contributed by atoms with Gasteiger partial charge in [-0.05, 0) is 40.1 Å². The number of hydrogen-bond acceptors (Lipinski definition) is 3. The largest absolute Gasteiger partial charge is 0.359 e. The Kier molecular flexibility index (Phi) is 5.99. The van der Waals surface area contributed by atoms with Crippen molar-refractivity contribution in [2.75, 3.05) is 21.1 Å². The van der Waals surface area contributed by atoms with Crippen LogP contribution < -0.4 is 0 Å². The van der Waals surface area contributed by atoms with E-state index in [-0.39, 0.29) is 0 Å². The highest BCUT2D eigenvalue weighted by Crippen LogP contribution is 2.22. The van der Waals surface area contributed by atoms with E-state index in [0.29, 0.717) is 20.9 Å². The molecule has 0 aromatic carbocycles. The second kappa shape index (κ2) is 7.02. The molecule has 0 N–H and O–H groups in total. The summed E-state index contributed by atoms with van der Waals surface area (Å²) >= 11 is 0. The molecule has 18 heavy (non-hydrogen) atoms. The molecule has 3 nitrogen and oxygen atoms in total. The summed E-state index contributed by atoms with van der Waals surface area (Å²) < 4.78 is 7.22. The lowest BCUT2D eigenvalue weighted by Crippen LogP contribution is -2.74. The molecule has 0 unspecified atom stereocenters. The molecule has 6 heteroatoms. The topological polar surface area (TPSA) is 9.72 Å². The van der Waals surface area contributed by atoms with E-state index in [1.165, 1.54) is 0 Å². The molecule has 96 valence electrons. The van der Waals surface area contributed by atoms with Gasteiger partial charge in [0.1, 0.15) is 0 Å². The van der Waals surface area contributed by atoms with Gasteiger partial charge in [0, 0.05) is 0 Å². The molecule has 1 aliphatic heterocycles. The zero-order valence-electron chi connectivity index (χ0n) is 12.0. The maximum Gasteiger partial charge on any atom is 0.293 e. The lowest BCUT2D eigenvalue weighted by atomic mass is 9.41. The smallest absolute Gasteiger partial charge is 0.293 e. The number of rotatable bonds is 6. The molecule has 0 aromatic rings. The van der Waals surface area contributed by atoms with Crippen LogP contribution >= 0.6 is 0 Å². The Morgan fingerprint density at radius 1 is 0.667 bits per heavy atom. The average Bonchev–Trinajstić information content (AvgIpc) is 2.35. The normalized spacial score (nSPS) is 19.2. The van der Waals surface area contributed by atoms with Crippen LogP contribution in [0.15, 0.2) is 38.0 Å². The predicted molar refractivity (Wildman–Crippen MR) is 85.6 cm³/mol. The molecule has 0 bridgehead atoms. The van der Waals surface area contributed by atoms with E-state index in [0.717, 1.165) is 19.0 Å². The van der Waals surface area contributed by atoms with Gasteiger partial charge in [0.25, 0.3) is 20.9 Å². The zero-order valence-corrected chi connectivity index (χ0v) is 12.0. The van der Waals surface area contributed by atoms with Gasteiger partial charge in [-0.3, -0.25) is 0 Å². The van der Waals surface area contributed by atoms with Crippen LogP contribution in [0.4, 0.5) is 0 Å². The van der Waals surface area contributed by atoms with Crippen LogP contribution in [0.2, 0.25) is 19.0 Å². The van der Waals surface area contributed by atoms with Crippen LogP contribution in [0.3, 0.4) is 0 Å². The van der Waals surface area contributed by atoms with E-state index in [9.17, 15) is 0 Å². The van der Waals surface area contributed by atoms with Gasteiger partial charge >= 0.3 is 0 Å². The van der Waals surface area contributed by atoms with E-state index in [1.807, 2.05) is 18.2 Å². The summed E-state index contributed by atoms with van der Waals surface area (Å²) in [6.45, 7) is 12.8. The predicted octanol–water partition coefficient (Wildman–Crippen LogP) is 1.82. The molecule has 1 rings (SSSR count). The molecule has 0 amide bonds. The van der Waals surface area contributed by atoms with Crippen molar-refractivity contribution in [3.8, 4) is 0 Å². The van der Waals surface area contributed by atoms with Crippen molar-refractivity contribution in [3.05, 3.63) is 38.0 Å². The molecule has 0 aliphatic carbocycles. The van der Waals surface area contributed by atoms with Gasteiger partial charge in [-0.25, -0.2) is 0 Å². The van der Waals surface area contributed by atoms with Crippen LogP contribution in [0, 0.1) is 0 Å². The van der Waals surface area contributed by atoms with Crippen molar-refractivity contribution in [2.45, 2.75) is 19.0 Å². The fourth-order valence-corrected chi connectivity index (χ4v) is 2.90. The maximum absolute atomic E-state index is 3.88. The molecule has 1 aliphatic rings. The fourth-order valence-electron chi connectivity index (χ4n) is 2.90. The van der Waals surface area contributed by atoms with E-state index >= 15 is 0 Å². The summed E-state index contributed by atoms with van der Waals surface area (Å²) in [5.74, 6) is 0. The van der Waals surface area contributed by atoms with Gasteiger partial charge in [0.05, 0.1) is 0 Å². The second-order valence-electron chi connectivity index (χ2n) is 5.01. The highest BCUT2D eigenvalue weighted by molar-refractivity contribution is 6.86. The number of nitrogens with zero attached hydrogens (tertiary/aromatic N) is 3. The third-order valence-electron chi connectivity index (χ3n) is 3.95. The first-order chi connectivity index (χ1) is 8.58. The lowest BCUT2D eigenvalue weighted by Gasteiger charge is -2.50. The first kappa shape index (κ1) is 15.4. The lowest BCUT2D eigenvalue weighted by molar-refractivity contribution is 0.533. The molecule has 0 radical (unpaired) electrons. The molecule has 0 atom stereocenters. The molecule has 0 aromatic heterocycles. The molecule has 0 saturated carbocycles. The first-order valence-corrected chi connectivity index (χ1v) is 6.57. The molecule has 0 spiro atoms. The van der Waals surface area contributed by atoms with Crippen molar-refractivity contribution < 1.29 is 0 Å². The molecule has 1 heterocycles. The summed E-state index contributed by atoms with van der Waals surface area (Å²) in [5.41, 5.74) is 0. The van der Waals surface area contributed by atoms with E-state index in [4.69, 9.17) is 0 Å². The molecular formula is C12H24B3N3. The summed E-state index contributed by atoms with van der Waals surface area (Å²) in [5, 5.41) is 0. The van der Waals surface area contributed by atoms with Crippen molar-refractivity contribution in [2.24, 2.45) is 0 Å². The van der Waals surface area contributed by atoms with Crippen molar-refractivity contribution in [1.82, 2.24) is 14.2 Å². The van der Waals surface area contributed by atoms with Crippen LogP contribution in [-0.2, 0) is 0 Å². The van der Waals surface area contributed by atoms with Gasteiger partial charge < -0.3 is 14.2 Å². The third-order valence-corrected chi connectivity index (χ3v) is 3.95. The summed E-state index contributed by atoms with van der Waals surface area (Å²) in [4.78, 5) is 0. The Balaban J connectivity index is 2.96. The van der Waals surface area contributed by atoms with Crippen molar-refractivity contribution in [1.29, 1.82) is 0 Å². The van der Waals surface area contributed by atoms with E-state index < -0.39 is 0 Å². The maximum atomic E-state index is 3.88. The Morgan fingerprint density at radius 3 is 1.06 bits per heavy atom. The van der Waals surface area contributed by atoms with Gasteiger partial charge in [-0.2, -0.15) is 0 Å². The van der Waals surface area contributed by atoms with Crippen LogP contribution in [0.5, 0.6) is 0 Å². The second-order valence-corrected chi connectivity index (χ2v) is 5.01. The summed E-state index contributed by atoms with van der Waals surface area (Å²) in [7, 11) is 6.54. The fraction of sp³-hybridized carbons (Fsp3) is 0.500. The quantitative estimate of drug-likeness (QED) is 0.520. The Bertz CT molecular complexity index is 251. The minimum atomic E-state index is 0.397. The minimum absolute atomic E-state index is 0.397. The highest BCUT2D eigenvalue weighted by Gasteiger charge is 2.46. The summed E-state index contributed by atoms with van der Waals surface area (Å²) in [6.07, 6.45) is 8.92. The van der Waals surface area contributed by atoms with Crippen LogP contribution in [0.25, 0.3) is 0 Å². The van der Waals surface area contributed by atoms with Crippen molar-refractivity contribution >= 4 is 20.9 Å². The van der Waals surface area contributed by atoms with Crippen molar-refractivity contribution in [3.63, 3.8) is 0 Å². The molecule has 1 fully saturated rings. The standard InChI is InChI=1S/C12H24B3N3/c1-7-10-13-16(4)14(11-8-2)18(6)15(12-9-3)17(13)5/h7-9H,1-3,10-12H2,4-6H3.